The molecule has 0 saturated heterocycles. The van der Waals surface area contributed by atoms with Gasteiger partial charge in [0.15, 0.2) is 22.5 Å². The molecule has 0 saturated carbocycles. The zero-order valence-electron chi connectivity index (χ0n) is 15.1. The highest BCUT2D eigenvalue weighted by Gasteiger charge is 2.30. The van der Waals surface area contributed by atoms with Gasteiger partial charge in [-0.1, -0.05) is 6.07 Å². The topological polar surface area (TPSA) is 63.2 Å². The highest BCUT2D eigenvalue weighted by molar-refractivity contribution is 7.80. The van der Waals surface area contributed by atoms with Crippen molar-refractivity contribution in [3.05, 3.63) is 64.9 Å². The Morgan fingerprint density at radius 2 is 1.69 bits per heavy atom. The van der Waals surface area contributed by atoms with Crippen LogP contribution in [0.4, 0.5) is 23.2 Å². The second-order valence-corrected chi connectivity index (χ2v) is 6.31. The first-order chi connectivity index (χ1) is 13.7. The molecule has 1 amide bonds. The molecular weight excluding hydrogens is 410 g/mol. The number of carbonyl (C=O) groups excluding carboxylic acids is 1. The zero-order valence-corrected chi connectivity index (χ0v) is 15.9. The van der Waals surface area contributed by atoms with E-state index in [-0.39, 0.29) is 5.11 Å². The highest BCUT2D eigenvalue weighted by atomic mass is 32.1. The lowest BCUT2D eigenvalue weighted by molar-refractivity contribution is 0.0966. The SMILES string of the molecule is COc1c(F)c(F)c(C(=O)NC(=S)Nc2cccc3nc(C)ccc23)c(F)c1F. The fraction of sp³-hybridized carbons (Fsp3) is 0.105. The van der Waals surface area contributed by atoms with Gasteiger partial charge in [-0.15, -0.1) is 0 Å². The molecule has 1 heterocycles. The van der Waals surface area contributed by atoms with Gasteiger partial charge in [0, 0.05) is 16.8 Å². The summed E-state index contributed by atoms with van der Waals surface area (Å²) in [5.41, 5.74) is 0.453. The minimum absolute atomic E-state index is 0.335. The van der Waals surface area contributed by atoms with Crippen LogP contribution in [0, 0.1) is 30.2 Å². The number of amides is 1. The number of methoxy groups -OCH3 is 1. The lowest BCUT2D eigenvalue weighted by atomic mass is 10.1. The summed E-state index contributed by atoms with van der Waals surface area (Å²) in [5.74, 6) is -10.2. The number of nitrogens with zero attached hydrogens (tertiary/aromatic N) is 1. The molecule has 29 heavy (non-hydrogen) atoms. The van der Waals surface area contributed by atoms with Crippen molar-refractivity contribution in [3.63, 3.8) is 0 Å². The standard InChI is InChI=1S/C19H13F4N3O2S/c1-8-6-7-9-10(24-8)4-3-5-11(9)25-19(29)26-18(27)12-13(20)15(22)17(28-2)16(23)14(12)21/h3-7H,1-2H3,(H2,25,26,27,29). The molecule has 0 unspecified atom stereocenters. The van der Waals surface area contributed by atoms with Crippen LogP contribution in [-0.4, -0.2) is 23.1 Å². The Morgan fingerprint density at radius 1 is 1.03 bits per heavy atom. The predicted molar refractivity (Wildman–Crippen MR) is 103 cm³/mol. The van der Waals surface area contributed by atoms with Gasteiger partial charge >= 0.3 is 0 Å². The third-order valence-electron chi connectivity index (χ3n) is 4.00. The molecule has 0 aliphatic rings. The average Bonchev–Trinajstić information content (AvgIpc) is 2.67. The van der Waals surface area contributed by atoms with E-state index in [1.54, 1.807) is 30.3 Å². The Hall–Kier alpha value is -3.27. The van der Waals surface area contributed by atoms with Crippen molar-refractivity contribution in [3.8, 4) is 5.75 Å². The van der Waals surface area contributed by atoms with Crippen molar-refractivity contribution in [2.75, 3.05) is 12.4 Å². The van der Waals surface area contributed by atoms with Crippen LogP contribution >= 0.6 is 12.2 Å². The highest BCUT2D eigenvalue weighted by Crippen LogP contribution is 2.29. The first kappa shape index (κ1) is 20.5. The van der Waals surface area contributed by atoms with Gasteiger partial charge in [-0.25, -0.2) is 8.78 Å². The Morgan fingerprint density at radius 3 is 2.31 bits per heavy atom. The molecular formula is C19H13F4N3O2S. The molecule has 0 aliphatic heterocycles. The average molecular weight is 423 g/mol. The molecule has 5 nitrogen and oxygen atoms in total. The first-order valence-corrected chi connectivity index (χ1v) is 8.54. The molecule has 0 aliphatic carbocycles. The molecule has 10 heteroatoms. The number of benzene rings is 2. The number of pyridine rings is 1. The normalized spacial score (nSPS) is 10.7. The van der Waals surface area contributed by atoms with Crippen LogP contribution in [0.25, 0.3) is 10.9 Å². The fourth-order valence-corrected chi connectivity index (χ4v) is 2.88. The molecule has 0 fully saturated rings. The minimum Gasteiger partial charge on any atom is -0.491 e. The predicted octanol–water partition coefficient (Wildman–Crippen LogP) is 4.24. The van der Waals surface area contributed by atoms with Crippen molar-refractivity contribution in [2.24, 2.45) is 0 Å². The Labute approximate surface area is 167 Å². The monoisotopic (exact) mass is 423 g/mol. The van der Waals surface area contributed by atoms with Crippen LogP contribution in [-0.2, 0) is 0 Å². The van der Waals surface area contributed by atoms with Crippen LogP contribution in [0.1, 0.15) is 16.1 Å². The summed E-state index contributed by atoms with van der Waals surface area (Å²) in [7, 11) is 0.833. The van der Waals surface area contributed by atoms with Crippen LogP contribution in [0.5, 0.6) is 5.75 Å². The van der Waals surface area contributed by atoms with E-state index in [1.165, 1.54) is 0 Å². The molecule has 3 aromatic rings. The number of halogens is 4. The van der Waals surface area contributed by atoms with Crippen LogP contribution in [0.3, 0.4) is 0 Å². The smallest absolute Gasteiger partial charge is 0.263 e. The van der Waals surface area contributed by atoms with Gasteiger partial charge in [-0.2, -0.15) is 8.78 Å². The quantitative estimate of drug-likeness (QED) is 0.375. The largest absolute Gasteiger partial charge is 0.491 e. The maximum absolute atomic E-state index is 14.1. The van der Waals surface area contributed by atoms with Crippen molar-refractivity contribution >= 4 is 39.8 Å². The summed E-state index contributed by atoms with van der Waals surface area (Å²) >= 11 is 4.98. The van der Waals surface area contributed by atoms with E-state index in [9.17, 15) is 22.4 Å². The van der Waals surface area contributed by atoms with E-state index in [0.717, 1.165) is 12.8 Å². The summed E-state index contributed by atoms with van der Waals surface area (Å²) < 4.78 is 60.0. The van der Waals surface area contributed by atoms with E-state index in [1.807, 2.05) is 12.2 Å². The number of nitrogens with one attached hydrogen (secondary N) is 2. The van der Waals surface area contributed by atoms with Gasteiger partial charge in [0.05, 0.1) is 12.6 Å². The number of hydrogen-bond acceptors (Lipinski definition) is 4. The van der Waals surface area contributed by atoms with Crippen molar-refractivity contribution in [1.82, 2.24) is 10.3 Å². The van der Waals surface area contributed by atoms with Gasteiger partial charge < -0.3 is 10.1 Å². The van der Waals surface area contributed by atoms with Gasteiger partial charge in [-0.05, 0) is 43.4 Å². The van der Waals surface area contributed by atoms with Crippen LogP contribution in [0.2, 0.25) is 0 Å². The van der Waals surface area contributed by atoms with Crippen LogP contribution < -0.4 is 15.4 Å². The number of ether oxygens (including phenoxy) is 1. The molecule has 3 rings (SSSR count). The lowest BCUT2D eigenvalue weighted by Crippen LogP contribution is -2.35. The molecule has 2 aromatic carbocycles. The number of thiocarbonyl (C=S) groups is 1. The number of anilines is 1. The maximum atomic E-state index is 14.1. The Balaban J connectivity index is 1.87. The van der Waals surface area contributed by atoms with Gasteiger partial charge in [0.25, 0.3) is 5.91 Å². The number of rotatable bonds is 3. The molecule has 0 radical (unpaired) electrons. The summed E-state index contributed by atoms with van der Waals surface area (Å²) in [6.45, 7) is 1.82. The second kappa shape index (κ2) is 8.00. The fourth-order valence-electron chi connectivity index (χ4n) is 2.68. The summed E-state index contributed by atoms with van der Waals surface area (Å²) in [4.78, 5) is 16.5. The van der Waals surface area contributed by atoms with Crippen molar-refractivity contribution < 1.29 is 27.1 Å². The van der Waals surface area contributed by atoms with E-state index in [0.29, 0.717) is 16.6 Å². The van der Waals surface area contributed by atoms with Gasteiger partial charge in [0.2, 0.25) is 11.6 Å². The molecule has 0 bridgehead atoms. The second-order valence-electron chi connectivity index (χ2n) is 5.90. The third-order valence-corrected chi connectivity index (χ3v) is 4.20. The number of fused-ring (bicyclic) bond motifs is 1. The van der Waals surface area contributed by atoms with E-state index in [4.69, 9.17) is 12.2 Å². The van der Waals surface area contributed by atoms with Crippen LogP contribution in [0.15, 0.2) is 30.3 Å². The summed E-state index contributed by atoms with van der Waals surface area (Å²) in [5, 5.41) is 5.04. The molecule has 0 atom stereocenters. The Bertz CT molecular complexity index is 1120. The summed E-state index contributed by atoms with van der Waals surface area (Å²) in [6, 6.07) is 8.64. The summed E-state index contributed by atoms with van der Waals surface area (Å²) in [6.07, 6.45) is 0. The number of hydrogen-bond donors (Lipinski definition) is 2. The Kier molecular flexibility index (Phi) is 5.64. The maximum Gasteiger partial charge on any atom is 0.263 e. The molecule has 2 N–H and O–H groups in total. The van der Waals surface area contributed by atoms with Gasteiger partial charge in [0.1, 0.15) is 5.56 Å². The lowest BCUT2D eigenvalue weighted by Gasteiger charge is -2.14. The van der Waals surface area contributed by atoms with Gasteiger partial charge in [-0.3, -0.25) is 15.1 Å². The molecule has 0 spiro atoms. The third kappa shape index (κ3) is 3.83. The minimum atomic E-state index is -1.90. The number of aromatic nitrogens is 1. The van der Waals surface area contributed by atoms with E-state index in [2.05, 4.69) is 15.0 Å². The first-order valence-electron chi connectivity index (χ1n) is 8.13. The number of aryl methyl sites for hydroxylation is 1. The van der Waals surface area contributed by atoms with Crippen molar-refractivity contribution in [2.45, 2.75) is 6.92 Å². The number of carbonyl (C=O) groups is 1. The molecule has 1 aromatic heterocycles. The van der Waals surface area contributed by atoms with E-state index >= 15 is 0 Å². The zero-order chi connectivity index (χ0) is 21.3. The molecule has 150 valence electrons. The van der Waals surface area contributed by atoms with Crippen molar-refractivity contribution in [1.29, 1.82) is 0 Å². The van der Waals surface area contributed by atoms with E-state index < -0.39 is 40.5 Å².